The zero-order chi connectivity index (χ0) is 17.3. The van der Waals surface area contributed by atoms with Crippen LogP contribution < -0.4 is 4.90 Å². The molecule has 2 atom stereocenters. The van der Waals surface area contributed by atoms with Gasteiger partial charge in [0.25, 0.3) is 0 Å². The van der Waals surface area contributed by atoms with Gasteiger partial charge in [0.2, 0.25) is 11.8 Å². The minimum Gasteiger partial charge on any atom is -0.480 e. The second-order valence-electron chi connectivity index (χ2n) is 6.42. The van der Waals surface area contributed by atoms with Crippen LogP contribution in [0.3, 0.4) is 0 Å². The third kappa shape index (κ3) is 2.88. The van der Waals surface area contributed by atoms with E-state index < -0.39 is 17.9 Å². The summed E-state index contributed by atoms with van der Waals surface area (Å²) in [6.07, 6.45) is 2.15. The second kappa shape index (κ2) is 6.63. The van der Waals surface area contributed by atoms with Gasteiger partial charge in [0.1, 0.15) is 6.04 Å². The molecule has 24 heavy (non-hydrogen) atoms. The molecule has 2 amide bonds. The van der Waals surface area contributed by atoms with E-state index in [0.29, 0.717) is 25.9 Å². The quantitative estimate of drug-likeness (QED) is 0.911. The number of rotatable bonds is 4. The number of benzene rings is 1. The van der Waals surface area contributed by atoms with E-state index in [1.54, 1.807) is 4.90 Å². The van der Waals surface area contributed by atoms with Crippen molar-refractivity contribution in [2.24, 2.45) is 5.92 Å². The number of carbonyl (C=O) groups is 3. The Morgan fingerprint density at radius 1 is 1.29 bits per heavy atom. The van der Waals surface area contributed by atoms with E-state index in [9.17, 15) is 19.5 Å². The lowest BCUT2D eigenvalue weighted by molar-refractivity contribution is -0.149. The Hall–Kier alpha value is -2.37. The van der Waals surface area contributed by atoms with Crippen LogP contribution >= 0.6 is 0 Å². The number of amides is 2. The van der Waals surface area contributed by atoms with E-state index in [0.717, 1.165) is 17.7 Å². The second-order valence-corrected chi connectivity index (χ2v) is 6.42. The average molecular weight is 330 g/mol. The molecule has 2 aliphatic rings. The summed E-state index contributed by atoms with van der Waals surface area (Å²) in [4.78, 5) is 39.6. The number of hydrogen-bond acceptors (Lipinski definition) is 3. The van der Waals surface area contributed by atoms with Gasteiger partial charge in [0.05, 0.1) is 5.92 Å². The van der Waals surface area contributed by atoms with Gasteiger partial charge in [0.15, 0.2) is 0 Å². The molecule has 2 heterocycles. The summed E-state index contributed by atoms with van der Waals surface area (Å²) in [5.74, 6) is -1.69. The summed E-state index contributed by atoms with van der Waals surface area (Å²) in [6, 6.07) is 6.97. The van der Waals surface area contributed by atoms with Crippen LogP contribution in [0.4, 0.5) is 5.69 Å². The lowest BCUT2D eigenvalue weighted by atomic mass is 10.1. The SMILES string of the molecule is CCc1ccccc1N1CC(C(=O)N2CCCC2C(=O)O)CC1=O. The molecule has 0 spiro atoms. The Balaban J connectivity index is 1.77. The van der Waals surface area contributed by atoms with Crippen LogP contribution in [0, 0.1) is 5.92 Å². The zero-order valence-electron chi connectivity index (χ0n) is 13.8. The third-order valence-corrected chi connectivity index (χ3v) is 4.96. The number of hydrogen-bond donors (Lipinski definition) is 1. The first-order valence-corrected chi connectivity index (χ1v) is 8.44. The van der Waals surface area contributed by atoms with Gasteiger partial charge in [0, 0.05) is 25.2 Å². The Bertz CT molecular complexity index is 673. The maximum absolute atomic E-state index is 12.7. The number of aliphatic carboxylic acids is 1. The molecule has 6 nitrogen and oxygen atoms in total. The lowest BCUT2D eigenvalue weighted by Crippen LogP contribution is -2.44. The lowest BCUT2D eigenvalue weighted by Gasteiger charge is -2.25. The van der Waals surface area contributed by atoms with Crippen molar-refractivity contribution in [1.82, 2.24) is 4.90 Å². The molecular formula is C18H22N2O4. The fourth-order valence-corrected chi connectivity index (χ4v) is 3.70. The molecule has 6 heteroatoms. The van der Waals surface area contributed by atoms with Gasteiger partial charge in [-0.05, 0) is 30.9 Å². The summed E-state index contributed by atoms with van der Waals surface area (Å²) in [5, 5.41) is 9.25. The maximum Gasteiger partial charge on any atom is 0.326 e. The van der Waals surface area contributed by atoms with Crippen molar-refractivity contribution in [2.45, 2.75) is 38.6 Å². The van der Waals surface area contributed by atoms with Crippen LogP contribution in [-0.2, 0) is 20.8 Å². The summed E-state index contributed by atoms with van der Waals surface area (Å²) >= 11 is 0. The number of carboxylic acid groups (broad SMARTS) is 1. The minimum atomic E-state index is -0.960. The minimum absolute atomic E-state index is 0.0691. The predicted molar refractivity (Wildman–Crippen MR) is 88.7 cm³/mol. The van der Waals surface area contributed by atoms with Gasteiger partial charge in [-0.2, -0.15) is 0 Å². The average Bonchev–Trinajstić information content (AvgIpc) is 3.21. The van der Waals surface area contributed by atoms with Crippen molar-refractivity contribution >= 4 is 23.5 Å². The predicted octanol–water partition coefficient (Wildman–Crippen LogP) is 1.68. The van der Waals surface area contributed by atoms with Crippen molar-refractivity contribution in [3.8, 4) is 0 Å². The van der Waals surface area contributed by atoms with Crippen molar-refractivity contribution in [2.75, 3.05) is 18.0 Å². The monoisotopic (exact) mass is 330 g/mol. The van der Waals surface area contributed by atoms with Crippen molar-refractivity contribution < 1.29 is 19.5 Å². The number of para-hydroxylation sites is 1. The van der Waals surface area contributed by atoms with E-state index >= 15 is 0 Å². The van der Waals surface area contributed by atoms with Gasteiger partial charge in [-0.25, -0.2) is 4.79 Å². The topological polar surface area (TPSA) is 77.9 Å². The highest BCUT2D eigenvalue weighted by Crippen LogP contribution is 2.31. The van der Waals surface area contributed by atoms with Gasteiger partial charge in [-0.1, -0.05) is 25.1 Å². The highest BCUT2D eigenvalue weighted by atomic mass is 16.4. The molecule has 128 valence electrons. The first-order chi connectivity index (χ1) is 11.5. The molecule has 2 saturated heterocycles. The highest BCUT2D eigenvalue weighted by molar-refractivity contribution is 6.01. The Morgan fingerprint density at radius 3 is 2.75 bits per heavy atom. The molecule has 0 saturated carbocycles. The molecule has 2 fully saturated rings. The number of aryl methyl sites for hydroxylation is 1. The van der Waals surface area contributed by atoms with Crippen molar-refractivity contribution in [3.63, 3.8) is 0 Å². The van der Waals surface area contributed by atoms with Crippen molar-refractivity contribution in [3.05, 3.63) is 29.8 Å². The Labute approximate surface area is 141 Å². The maximum atomic E-state index is 12.7. The number of carboxylic acids is 1. The van der Waals surface area contributed by atoms with Gasteiger partial charge >= 0.3 is 5.97 Å². The number of carbonyl (C=O) groups excluding carboxylic acids is 2. The molecular weight excluding hydrogens is 308 g/mol. The molecule has 0 aromatic heterocycles. The fraction of sp³-hybridized carbons (Fsp3) is 0.500. The van der Waals surface area contributed by atoms with Crippen LogP contribution in [0.25, 0.3) is 0 Å². The molecule has 2 unspecified atom stereocenters. The number of nitrogens with zero attached hydrogens (tertiary/aromatic N) is 2. The van der Waals surface area contributed by atoms with Crippen LogP contribution in [0.5, 0.6) is 0 Å². The fourth-order valence-electron chi connectivity index (χ4n) is 3.70. The zero-order valence-corrected chi connectivity index (χ0v) is 13.8. The molecule has 0 bridgehead atoms. The normalized spacial score (nSPS) is 23.8. The van der Waals surface area contributed by atoms with Crippen LogP contribution in [0.15, 0.2) is 24.3 Å². The summed E-state index contributed by atoms with van der Waals surface area (Å²) in [7, 11) is 0. The summed E-state index contributed by atoms with van der Waals surface area (Å²) in [5.41, 5.74) is 1.93. The largest absolute Gasteiger partial charge is 0.480 e. The molecule has 1 aromatic carbocycles. The van der Waals surface area contributed by atoms with Crippen molar-refractivity contribution in [1.29, 1.82) is 0 Å². The Morgan fingerprint density at radius 2 is 2.04 bits per heavy atom. The Kier molecular flexibility index (Phi) is 4.55. The van der Waals surface area contributed by atoms with E-state index in [1.165, 1.54) is 4.90 Å². The summed E-state index contributed by atoms with van der Waals surface area (Å²) < 4.78 is 0. The number of likely N-dealkylation sites (tertiary alicyclic amines) is 1. The first kappa shape index (κ1) is 16.5. The van der Waals surface area contributed by atoms with Crippen LogP contribution in [-0.4, -0.2) is 46.9 Å². The van der Waals surface area contributed by atoms with E-state index in [2.05, 4.69) is 0 Å². The number of anilines is 1. The van der Waals surface area contributed by atoms with Crippen LogP contribution in [0.1, 0.15) is 31.7 Å². The first-order valence-electron chi connectivity index (χ1n) is 8.44. The molecule has 3 rings (SSSR count). The molecule has 0 aliphatic carbocycles. The smallest absolute Gasteiger partial charge is 0.326 e. The van der Waals surface area contributed by atoms with Crippen LogP contribution in [0.2, 0.25) is 0 Å². The van der Waals surface area contributed by atoms with E-state index in [1.807, 2.05) is 31.2 Å². The highest BCUT2D eigenvalue weighted by Gasteiger charge is 2.42. The molecule has 2 aliphatic heterocycles. The van der Waals surface area contributed by atoms with Gasteiger partial charge in [-0.3, -0.25) is 9.59 Å². The standard InChI is InChI=1S/C18H22N2O4/c1-2-12-6-3-4-7-14(12)20-11-13(10-16(20)21)17(22)19-9-5-8-15(19)18(23)24/h3-4,6-7,13,15H,2,5,8-11H2,1H3,(H,23,24). The molecule has 0 radical (unpaired) electrons. The van der Waals surface area contributed by atoms with Gasteiger partial charge < -0.3 is 14.9 Å². The molecule has 1 N–H and O–H groups in total. The molecule has 1 aromatic rings. The van der Waals surface area contributed by atoms with Gasteiger partial charge in [-0.15, -0.1) is 0 Å². The summed E-state index contributed by atoms with van der Waals surface area (Å²) in [6.45, 7) is 2.83. The van der Waals surface area contributed by atoms with E-state index in [-0.39, 0.29) is 18.2 Å². The third-order valence-electron chi connectivity index (χ3n) is 4.96. The van der Waals surface area contributed by atoms with E-state index in [4.69, 9.17) is 0 Å².